The van der Waals surface area contributed by atoms with Gasteiger partial charge in [-0.2, -0.15) is 13.2 Å². The molecule has 0 bridgehead atoms. The zero-order valence-corrected chi connectivity index (χ0v) is 10.5. The fourth-order valence-electron chi connectivity index (χ4n) is 1.79. The van der Waals surface area contributed by atoms with Crippen LogP contribution in [0.1, 0.15) is 23.7 Å². The lowest BCUT2D eigenvalue weighted by Gasteiger charge is -2.12. The summed E-state index contributed by atoms with van der Waals surface area (Å²) < 4.78 is 38.7. The minimum atomic E-state index is -4.33. The van der Waals surface area contributed by atoms with Gasteiger partial charge in [0.2, 0.25) is 0 Å². The minimum absolute atomic E-state index is 0.186. The molecule has 0 N–H and O–H groups in total. The summed E-state index contributed by atoms with van der Waals surface area (Å²) in [4.78, 5) is 8.14. The maximum atomic E-state index is 12.6. The maximum absolute atomic E-state index is 12.6. The first-order valence-corrected chi connectivity index (χ1v) is 5.76. The van der Waals surface area contributed by atoms with Crippen molar-refractivity contribution in [2.75, 3.05) is 0 Å². The molecule has 2 aromatic rings. The highest BCUT2D eigenvalue weighted by Gasteiger charge is 2.31. The lowest BCUT2D eigenvalue weighted by molar-refractivity contribution is -0.140. The van der Waals surface area contributed by atoms with Crippen molar-refractivity contribution in [3.05, 3.63) is 23.7 Å². The Balaban J connectivity index is 2.67. The van der Waals surface area contributed by atoms with Crippen LogP contribution in [0.2, 0.25) is 0 Å². The fraction of sp³-hybridized carbons (Fsp3) is 0.455. The van der Waals surface area contributed by atoms with Crippen LogP contribution in [0.3, 0.4) is 0 Å². The van der Waals surface area contributed by atoms with Crippen LogP contribution in [0.4, 0.5) is 13.2 Å². The summed E-state index contributed by atoms with van der Waals surface area (Å²) in [5, 5.41) is -0.610. The van der Waals surface area contributed by atoms with Crippen LogP contribution in [-0.2, 0) is 6.54 Å². The number of hydrogen-bond donors (Lipinski definition) is 0. The molecule has 1 atom stereocenters. The van der Waals surface area contributed by atoms with E-state index < -0.39 is 18.1 Å². The Morgan fingerprint density at radius 2 is 2.11 bits per heavy atom. The molecule has 7 heteroatoms. The van der Waals surface area contributed by atoms with Crippen LogP contribution in [0.25, 0.3) is 11.2 Å². The molecule has 0 spiro atoms. The average molecular weight is 278 g/mol. The molecular weight excluding hydrogens is 267 g/mol. The highest BCUT2D eigenvalue weighted by molar-refractivity contribution is 6.20. The molecule has 2 heterocycles. The first-order chi connectivity index (χ1) is 8.29. The van der Waals surface area contributed by atoms with Gasteiger partial charge >= 0.3 is 6.18 Å². The molecule has 0 aliphatic rings. The summed E-state index contributed by atoms with van der Waals surface area (Å²) in [5.41, 5.74) is 1.46. The third kappa shape index (κ3) is 2.43. The van der Waals surface area contributed by atoms with Crippen molar-refractivity contribution in [1.82, 2.24) is 14.5 Å². The van der Waals surface area contributed by atoms with Gasteiger partial charge < -0.3 is 4.57 Å². The molecule has 3 nitrogen and oxygen atoms in total. The van der Waals surface area contributed by atoms with Crippen molar-refractivity contribution in [2.24, 2.45) is 0 Å². The molecule has 0 radical (unpaired) electrons. The molecule has 1 unspecified atom stereocenters. The standard InChI is InChI=1S/C11H11ClF3N3/c1-6-3-4-16-10-8(6)17-9(7(2)12)18(10)5-11(13,14)15/h3-4,7H,5H2,1-2H3. The van der Waals surface area contributed by atoms with Gasteiger partial charge in [-0.3, -0.25) is 0 Å². The van der Waals surface area contributed by atoms with Gasteiger partial charge in [-0.25, -0.2) is 9.97 Å². The highest BCUT2D eigenvalue weighted by atomic mass is 35.5. The molecule has 0 aromatic carbocycles. The Hall–Kier alpha value is -1.30. The van der Waals surface area contributed by atoms with Gasteiger partial charge in [-0.15, -0.1) is 11.6 Å². The van der Waals surface area contributed by atoms with Crippen molar-refractivity contribution >= 4 is 22.8 Å². The van der Waals surface area contributed by atoms with Crippen LogP contribution in [0.15, 0.2) is 12.3 Å². The van der Waals surface area contributed by atoms with E-state index in [9.17, 15) is 13.2 Å². The molecule has 98 valence electrons. The Morgan fingerprint density at radius 3 is 2.67 bits per heavy atom. The molecule has 0 saturated heterocycles. The maximum Gasteiger partial charge on any atom is 0.406 e. The second-order valence-electron chi connectivity index (χ2n) is 4.09. The zero-order chi connectivity index (χ0) is 13.5. The SMILES string of the molecule is Cc1ccnc2c1nc(C(C)Cl)n2CC(F)(F)F. The third-order valence-corrected chi connectivity index (χ3v) is 2.75. The topological polar surface area (TPSA) is 30.7 Å². The molecule has 0 fully saturated rings. The molecule has 0 aliphatic heterocycles. The van der Waals surface area contributed by atoms with Crippen LogP contribution in [0, 0.1) is 6.92 Å². The number of fused-ring (bicyclic) bond motifs is 1. The van der Waals surface area contributed by atoms with Gasteiger partial charge in [-0.1, -0.05) is 0 Å². The van der Waals surface area contributed by atoms with E-state index in [4.69, 9.17) is 11.6 Å². The molecule has 2 aromatic heterocycles. The predicted molar refractivity (Wildman–Crippen MR) is 62.6 cm³/mol. The minimum Gasteiger partial charge on any atom is -0.302 e. The Kier molecular flexibility index (Phi) is 3.23. The monoisotopic (exact) mass is 277 g/mol. The quantitative estimate of drug-likeness (QED) is 0.785. The lowest BCUT2D eigenvalue weighted by atomic mass is 10.3. The van der Waals surface area contributed by atoms with E-state index in [-0.39, 0.29) is 11.5 Å². The number of aryl methyl sites for hydroxylation is 1. The van der Waals surface area contributed by atoms with Gasteiger partial charge in [0, 0.05) is 6.20 Å². The number of aromatic nitrogens is 3. The van der Waals surface area contributed by atoms with Gasteiger partial charge in [0.05, 0.1) is 5.38 Å². The van der Waals surface area contributed by atoms with Crippen LogP contribution in [0.5, 0.6) is 0 Å². The Morgan fingerprint density at radius 1 is 1.44 bits per heavy atom. The van der Waals surface area contributed by atoms with Gasteiger partial charge in [0.15, 0.2) is 5.65 Å². The smallest absolute Gasteiger partial charge is 0.302 e. The van der Waals surface area contributed by atoms with E-state index in [0.29, 0.717) is 5.52 Å². The number of halogens is 4. The van der Waals surface area contributed by atoms with Crippen LogP contribution in [-0.4, -0.2) is 20.7 Å². The number of rotatable bonds is 2. The van der Waals surface area contributed by atoms with Gasteiger partial charge in [0.25, 0.3) is 0 Å². The van der Waals surface area contributed by atoms with E-state index in [1.54, 1.807) is 19.9 Å². The molecular formula is C11H11ClF3N3. The van der Waals surface area contributed by atoms with Crippen molar-refractivity contribution in [1.29, 1.82) is 0 Å². The van der Waals surface area contributed by atoms with Crippen molar-refractivity contribution in [3.63, 3.8) is 0 Å². The summed E-state index contributed by atoms with van der Waals surface area (Å²) in [6, 6.07) is 1.70. The molecule has 0 amide bonds. The number of imidazole rings is 1. The van der Waals surface area contributed by atoms with Crippen molar-refractivity contribution < 1.29 is 13.2 Å². The summed E-state index contributed by atoms with van der Waals surface area (Å²) in [6.07, 6.45) is -2.87. The Bertz CT molecular complexity index is 575. The van der Waals surface area contributed by atoms with E-state index in [1.165, 1.54) is 6.20 Å². The summed E-state index contributed by atoms with van der Waals surface area (Å²) >= 11 is 5.88. The first-order valence-electron chi connectivity index (χ1n) is 5.32. The number of hydrogen-bond acceptors (Lipinski definition) is 2. The number of pyridine rings is 1. The van der Waals surface area contributed by atoms with Crippen LogP contribution >= 0.6 is 11.6 Å². The normalized spacial score (nSPS) is 14.1. The van der Waals surface area contributed by atoms with Gasteiger partial charge in [0.1, 0.15) is 17.9 Å². The van der Waals surface area contributed by atoms with E-state index in [2.05, 4.69) is 9.97 Å². The molecule has 0 saturated carbocycles. The average Bonchev–Trinajstić information content (AvgIpc) is 2.57. The largest absolute Gasteiger partial charge is 0.406 e. The molecule has 18 heavy (non-hydrogen) atoms. The lowest BCUT2D eigenvalue weighted by Crippen LogP contribution is -2.20. The fourth-order valence-corrected chi connectivity index (χ4v) is 1.96. The third-order valence-electron chi connectivity index (χ3n) is 2.56. The zero-order valence-electron chi connectivity index (χ0n) is 9.79. The number of alkyl halides is 4. The number of nitrogens with zero attached hydrogens (tertiary/aromatic N) is 3. The van der Waals surface area contributed by atoms with E-state index in [1.807, 2.05) is 0 Å². The summed E-state index contributed by atoms with van der Waals surface area (Å²) in [6.45, 7) is 2.23. The highest BCUT2D eigenvalue weighted by Crippen LogP contribution is 2.28. The Labute approximate surface area is 107 Å². The second-order valence-corrected chi connectivity index (χ2v) is 4.74. The summed E-state index contributed by atoms with van der Waals surface area (Å²) in [7, 11) is 0. The van der Waals surface area contributed by atoms with Crippen molar-refractivity contribution in [2.45, 2.75) is 31.9 Å². The first kappa shape index (κ1) is 13.1. The summed E-state index contributed by atoms with van der Waals surface area (Å²) in [5.74, 6) is 0.186. The molecule has 0 aliphatic carbocycles. The van der Waals surface area contributed by atoms with Crippen molar-refractivity contribution in [3.8, 4) is 0 Å². The van der Waals surface area contributed by atoms with E-state index >= 15 is 0 Å². The van der Waals surface area contributed by atoms with E-state index in [0.717, 1.165) is 10.1 Å². The van der Waals surface area contributed by atoms with Gasteiger partial charge in [-0.05, 0) is 25.5 Å². The molecule has 2 rings (SSSR count). The van der Waals surface area contributed by atoms with Crippen LogP contribution < -0.4 is 0 Å². The predicted octanol–water partition coefficient (Wildman–Crippen LogP) is 3.60. The second kappa shape index (κ2) is 4.42.